The zero-order valence-electron chi connectivity index (χ0n) is 17.4. The van der Waals surface area contributed by atoms with Crippen LogP contribution in [0.3, 0.4) is 0 Å². The van der Waals surface area contributed by atoms with Crippen molar-refractivity contribution in [3.63, 3.8) is 0 Å². The Bertz CT molecular complexity index is 1460. The Kier molecular flexibility index (Phi) is 4.50. The summed E-state index contributed by atoms with van der Waals surface area (Å²) in [5.74, 6) is -0.541. The number of imidazole rings is 1. The first-order valence-electron chi connectivity index (χ1n) is 10.1. The second kappa shape index (κ2) is 7.28. The lowest BCUT2D eigenvalue weighted by atomic mass is 9.93. The van der Waals surface area contributed by atoms with E-state index in [9.17, 15) is 19.5 Å². The fourth-order valence-corrected chi connectivity index (χ4v) is 4.20. The van der Waals surface area contributed by atoms with Crippen LogP contribution in [0, 0.1) is 0 Å². The Labute approximate surface area is 187 Å². The van der Waals surface area contributed by atoms with Crippen molar-refractivity contribution in [1.82, 2.24) is 9.97 Å². The highest BCUT2D eigenvalue weighted by Crippen LogP contribution is 2.45. The summed E-state index contributed by atoms with van der Waals surface area (Å²) >= 11 is 0. The summed E-state index contributed by atoms with van der Waals surface area (Å²) < 4.78 is 0. The van der Waals surface area contributed by atoms with Crippen LogP contribution in [0.1, 0.15) is 38.8 Å². The molecule has 0 radical (unpaired) electrons. The van der Waals surface area contributed by atoms with E-state index < -0.39 is 17.7 Å². The Morgan fingerprint density at radius 1 is 1.06 bits per heavy atom. The molecule has 0 spiro atoms. The van der Waals surface area contributed by atoms with Gasteiger partial charge in [0.1, 0.15) is 0 Å². The van der Waals surface area contributed by atoms with E-state index in [1.54, 1.807) is 66.7 Å². The van der Waals surface area contributed by atoms with Crippen LogP contribution >= 0.6 is 0 Å². The Morgan fingerprint density at radius 2 is 1.85 bits per heavy atom. The highest BCUT2D eigenvalue weighted by molar-refractivity contribution is 6.13. The summed E-state index contributed by atoms with van der Waals surface area (Å²) in [5, 5.41) is 23.2. The molecule has 4 aromatic rings. The number of nitrogens with one attached hydrogen (secondary N) is 2. The van der Waals surface area contributed by atoms with Crippen LogP contribution < -0.4 is 10.2 Å². The number of nitrogens with zero attached hydrogens (tertiary/aromatic N) is 2. The van der Waals surface area contributed by atoms with Crippen LogP contribution in [0.2, 0.25) is 0 Å². The molecule has 1 aromatic heterocycles. The van der Waals surface area contributed by atoms with Crippen molar-refractivity contribution in [3.8, 4) is 0 Å². The number of anilines is 2. The first-order chi connectivity index (χ1) is 15.8. The molecule has 0 saturated carbocycles. The van der Waals surface area contributed by atoms with Gasteiger partial charge in [-0.05, 0) is 37.3 Å². The first kappa shape index (κ1) is 20.4. The summed E-state index contributed by atoms with van der Waals surface area (Å²) in [6.45, 7) is 1.43. The minimum absolute atomic E-state index is 0.0375. The molecule has 1 aliphatic rings. The van der Waals surface area contributed by atoms with Gasteiger partial charge in [-0.2, -0.15) is 0 Å². The third-order valence-corrected chi connectivity index (χ3v) is 5.68. The smallest absolute Gasteiger partial charge is 0.411 e. The molecule has 9 heteroatoms. The molecular weight excluding hydrogens is 424 g/mol. The van der Waals surface area contributed by atoms with Gasteiger partial charge in [0.05, 0.1) is 11.0 Å². The highest BCUT2D eigenvalue weighted by Gasteiger charge is 2.50. The number of Topliss-reactive ketones (excluding diaryl/α,β-unsaturated/α-hetero) is 1. The van der Waals surface area contributed by atoms with Gasteiger partial charge < -0.3 is 15.2 Å². The molecule has 1 unspecified atom stereocenters. The second-order valence-corrected chi connectivity index (χ2v) is 7.71. The third-order valence-electron chi connectivity index (χ3n) is 5.68. The molecule has 3 aromatic carbocycles. The molecule has 0 saturated heterocycles. The molecule has 33 heavy (non-hydrogen) atoms. The molecule has 0 bridgehead atoms. The lowest BCUT2D eigenvalue weighted by Crippen LogP contribution is -2.45. The van der Waals surface area contributed by atoms with Crippen molar-refractivity contribution in [3.05, 3.63) is 89.0 Å². The average Bonchev–Trinajstić information content (AvgIpc) is 3.29. The van der Waals surface area contributed by atoms with Crippen molar-refractivity contribution >= 4 is 40.5 Å². The predicted octanol–water partition coefficient (Wildman–Crippen LogP) is 3.71. The van der Waals surface area contributed by atoms with Crippen LogP contribution in [-0.4, -0.2) is 38.0 Å². The van der Waals surface area contributed by atoms with E-state index in [2.05, 4.69) is 15.3 Å². The van der Waals surface area contributed by atoms with Crippen LogP contribution in [-0.2, 0) is 5.72 Å². The summed E-state index contributed by atoms with van der Waals surface area (Å²) in [6.07, 6.45) is -1.26. The van der Waals surface area contributed by atoms with Crippen LogP contribution in [0.25, 0.3) is 11.0 Å². The highest BCUT2D eigenvalue weighted by atomic mass is 16.4. The molecule has 164 valence electrons. The maximum Gasteiger partial charge on any atom is 0.411 e. The minimum Gasteiger partial charge on any atom is -0.465 e. The fraction of sp³-hybridized carbons (Fsp3) is 0.0833. The summed E-state index contributed by atoms with van der Waals surface area (Å²) in [5.41, 5.74) is 0.928. The quantitative estimate of drug-likeness (QED) is 0.356. The van der Waals surface area contributed by atoms with Crippen molar-refractivity contribution < 1.29 is 24.6 Å². The maximum absolute atomic E-state index is 13.4. The van der Waals surface area contributed by atoms with Gasteiger partial charge in [0, 0.05) is 27.9 Å². The molecule has 5 rings (SSSR count). The molecule has 0 aliphatic carbocycles. The van der Waals surface area contributed by atoms with E-state index in [4.69, 9.17) is 5.11 Å². The number of ketones is 1. The lowest BCUT2D eigenvalue weighted by molar-refractivity contribution is 0.0703. The lowest BCUT2D eigenvalue weighted by Gasteiger charge is -2.35. The monoisotopic (exact) mass is 442 g/mol. The number of benzene rings is 3. The van der Waals surface area contributed by atoms with Crippen molar-refractivity contribution in [2.45, 2.75) is 12.6 Å². The van der Waals surface area contributed by atoms with Gasteiger partial charge in [0.2, 0.25) is 5.95 Å². The maximum atomic E-state index is 13.4. The van der Waals surface area contributed by atoms with Gasteiger partial charge in [-0.25, -0.2) is 9.78 Å². The van der Waals surface area contributed by atoms with E-state index in [1.165, 1.54) is 11.8 Å². The minimum atomic E-state index is -1.88. The van der Waals surface area contributed by atoms with E-state index in [1.807, 2.05) is 0 Å². The second-order valence-electron chi connectivity index (χ2n) is 7.71. The molecule has 2 heterocycles. The fourth-order valence-electron chi connectivity index (χ4n) is 4.20. The van der Waals surface area contributed by atoms with Gasteiger partial charge in [-0.15, -0.1) is 0 Å². The Morgan fingerprint density at radius 3 is 2.61 bits per heavy atom. The number of aromatic amines is 1. The van der Waals surface area contributed by atoms with Gasteiger partial charge in [0.15, 0.2) is 11.5 Å². The van der Waals surface area contributed by atoms with Gasteiger partial charge in [0.25, 0.3) is 5.91 Å². The molecule has 9 nitrogen and oxygen atoms in total. The molecule has 0 fully saturated rings. The molecule has 1 aliphatic heterocycles. The van der Waals surface area contributed by atoms with Gasteiger partial charge in [-0.1, -0.05) is 36.4 Å². The van der Waals surface area contributed by atoms with Crippen LogP contribution in [0.5, 0.6) is 0 Å². The normalized spacial score (nSPS) is 17.3. The number of H-pyrrole nitrogens is 1. The topological polar surface area (TPSA) is 136 Å². The van der Waals surface area contributed by atoms with Crippen LogP contribution in [0.15, 0.2) is 66.7 Å². The van der Waals surface area contributed by atoms with Crippen molar-refractivity contribution in [2.24, 2.45) is 0 Å². The first-order valence-corrected chi connectivity index (χ1v) is 10.1. The van der Waals surface area contributed by atoms with Crippen molar-refractivity contribution in [2.75, 3.05) is 10.2 Å². The number of amides is 2. The zero-order chi connectivity index (χ0) is 23.3. The number of rotatable bonds is 4. The zero-order valence-corrected chi connectivity index (χ0v) is 17.4. The van der Waals surface area contributed by atoms with Gasteiger partial charge >= 0.3 is 6.09 Å². The Balaban J connectivity index is 1.71. The number of hydrogen-bond donors (Lipinski definition) is 4. The van der Waals surface area contributed by atoms with E-state index in [0.717, 1.165) is 0 Å². The standard InChI is InChI=1S/C24H18N4O5/c1-13(29)14-5-4-6-16(11-14)28-21(30)17-7-2-3-8-18(17)24(28,33)15-9-10-19-20(12-15)26-22(25-19)27-23(31)32/h2-12,33H,1H3,(H,31,32)(H2,25,26,27). The summed E-state index contributed by atoms with van der Waals surface area (Å²) in [7, 11) is 0. The number of carboxylic acid groups (broad SMARTS) is 1. The summed E-state index contributed by atoms with van der Waals surface area (Å²) in [4.78, 5) is 44.6. The number of hydrogen-bond acceptors (Lipinski definition) is 5. The summed E-state index contributed by atoms with van der Waals surface area (Å²) in [6, 6.07) is 18.2. The molecule has 4 N–H and O–H groups in total. The molecule has 2 amide bonds. The number of carbonyl (C=O) groups excluding carboxylic acids is 2. The van der Waals surface area contributed by atoms with E-state index in [-0.39, 0.29) is 11.7 Å². The third kappa shape index (κ3) is 3.14. The Hall–Kier alpha value is -4.50. The SMILES string of the molecule is CC(=O)c1cccc(N2C(=O)c3ccccc3C2(O)c2ccc3[nH]c(NC(=O)O)nc3c2)c1. The van der Waals surface area contributed by atoms with E-state index >= 15 is 0 Å². The average molecular weight is 442 g/mol. The predicted molar refractivity (Wildman–Crippen MR) is 120 cm³/mol. The number of carbonyl (C=O) groups is 3. The molecule has 1 atom stereocenters. The number of aromatic nitrogens is 2. The number of fused-ring (bicyclic) bond motifs is 2. The van der Waals surface area contributed by atoms with Crippen molar-refractivity contribution in [1.29, 1.82) is 0 Å². The van der Waals surface area contributed by atoms with E-state index in [0.29, 0.717) is 39.0 Å². The van der Waals surface area contributed by atoms with Gasteiger partial charge in [-0.3, -0.25) is 19.8 Å². The number of aliphatic hydroxyl groups is 1. The largest absolute Gasteiger partial charge is 0.465 e. The molecular formula is C24H18N4O5. The van der Waals surface area contributed by atoms with Crippen LogP contribution in [0.4, 0.5) is 16.4 Å².